The van der Waals surface area contributed by atoms with Crippen LogP contribution in [-0.4, -0.2) is 0 Å². The van der Waals surface area contributed by atoms with Gasteiger partial charge in [0.05, 0.1) is 0 Å². The zero-order valence-corrected chi connectivity index (χ0v) is 8.46. The molecule has 1 aliphatic rings. The van der Waals surface area contributed by atoms with Crippen molar-refractivity contribution in [2.75, 3.05) is 0 Å². The van der Waals surface area contributed by atoms with Crippen molar-refractivity contribution in [2.45, 2.75) is 31.7 Å². The van der Waals surface area contributed by atoms with E-state index in [0.717, 1.165) is 19.3 Å². The molecular formula is C12H16FN. The molecule has 0 radical (unpaired) electrons. The Hall–Kier alpha value is -0.890. The Morgan fingerprint density at radius 1 is 1.43 bits per heavy atom. The summed E-state index contributed by atoms with van der Waals surface area (Å²) in [7, 11) is 0. The van der Waals surface area contributed by atoms with E-state index in [1.54, 1.807) is 6.07 Å². The number of benzene rings is 1. The van der Waals surface area contributed by atoms with Crippen LogP contribution in [0.3, 0.4) is 0 Å². The largest absolute Gasteiger partial charge is 0.321 e. The Kier molecular flexibility index (Phi) is 2.31. The van der Waals surface area contributed by atoms with Gasteiger partial charge in [0.25, 0.3) is 0 Å². The zero-order chi connectivity index (χ0) is 10.2. The van der Waals surface area contributed by atoms with Crippen LogP contribution in [0.5, 0.6) is 0 Å². The Morgan fingerprint density at radius 3 is 2.71 bits per heavy atom. The van der Waals surface area contributed by atoms with Gasteiger partial charge in [-0.2, -0.15) is 0 Å². The molecule has 2 atom stereocenters. The molecule has 2 N–H and O–H groups in total. The number of hydrogen-bond donors (Lipinski definition) is 1. The molecule has 1 fully saturated rings. The Labute approximate surface area is 84.1 Å². The van der Waals surface area contributed by atoms with Crippen LogP contribution in [0, 0.1) is 11.7 Å². The minimum Gasteiger partial charge on any atom is -0.321 e. The van der Waals surface area contributed by atoms with Crippen molar-refractivity contribution >= 4 is 0 Å². The molecular weight excluding hydrogens is 177 g/mol. The molecule has 1 saturated carbocycles. The summed E-state index contributed by atoms with van der Waals surface area (Å²) >= 11 is 0. The summed E-state index contributed by atoms with van der Waals surface area (Å²) in [6.45, 7) is 2.11. The van der Waals surface area contributed by atoms with Gasteiger partial charge in [0.15, 0.2) is 0 Å². The molecule has 0 aliphatic heterocycles. The second-order valence-corrected chi connectivity index (χ2v) is 4.31. The highest BCUT2D eigenvalue weighted by molar-refractivity contribution is 5.27. The van der Waals surface area contributed by atoms with Gasteiger partial charge in [0.2, 0.25) is 0 Å². The third kappa shape index (κ3) is 1.34. The van der Waals surface area contributed by atoms with Gasteiger partial charge in [-0.3, -0.25) is 0 Å². The van der Waals surface area contributed by atoms with Gasteiger partial charge in [-0.1, -0.05) is 31.5 Å². The van der Waals surface area contributed by atoms with E-state index in [1.807, 2.05) is 12.1 Å². The van der Waals surface area contributed by atoms with Crippen molar-refractivity contribution in [2.24, 2.45) is 11.7 Å². The van der Waals surface area contributed by atoms with E-state index in [2.05, 4.69) is 6.92 Å². The molecule has 2 unspecified atom stereocenters. The predicted molar refractivity (Wildman–Crippen MR) is 55.3 cm³/mol. The molecule has 76 valence electrons. The average molecular weight is 193 g/mol. The Bertz CT molecular complexity index is 337. The molecule has 0 heterocycles. The molecule has 1 aromatic carbocycles. The Morgan fingerprint density at radius 2 is 2.14 bits per heavy atom. The SMILES string of the molecule is CC1CCCC1(N)c1ccccc1F. The summed E-state index contributed by atoms with van der Waals surface area (Å²) in [6, 6.07) is 6.88. The average Bonchev–Trinajstić information content (AvgIpc) is 2.49. The predicted octanol–water partition coefficient (Wildman–Crippen LogP) is 2.80. The molecule has 2 heteroatoms. The fraction of sp³-hybridized carbons (Fsp3) is 0.500. The van der Waals surface area contributed by atoms with E-state index < -0.39 is 5.54 Å². The fourth-order valence-corrected chi connectivity index (χ4v) is 2.44. The standard InChI is InChI=1S/C12H16FN/c1-9-5-4-8-12(9,14)10-6-2-3-7-11(10)13/h2-3,6-7,9H,4-5,8,14H2,1H3. The molecule has 2 rings (SSSR count). The molecule has 0 bridgehead atoms. The number of halogens is 1. The highest BCUT2D eigenvalue weighted by Crippen LogP contribution is 2.41. The zero-order valence-electron chi connectivity index (χ0n) is 8.46. The second-order valence-electron chi connectivity index (χ2n) is 4.31. The fourth-order valence-electron chi connectivity index (χ4n) is 2.44. The van der Waals surface area contributed by atoms with Crippen LogP contribution in [0.4, 0.5) is 4.39 Å². The van der Waals surface area contributed by atoms with Crippen LogP contribution in [0.1, 0.15) is 31.7 Å². The van der Waals surface area contributed by atoms with Gasteiger partial charge in [0, 0.05) is 11.1 Å². The normalized spacial score (nSPS) is 32.1. The van der Waals surface area contributed by atoms with Crippen LogP contribution >= 0.6 is 0 Å². The third-order valence-electron chi connectivity index (χ3n) is 3.48. The first-order valence-corrected chi connectivity index (χ1v) is 5.18. The summed E-state index contributed by atoms with van der Waals surface area (Å²) in [5.41, 5.74) is 6.53. The Balaban J connectivity index is 2.43. The molecule has 1 aliphatic carbocycles. The van der Waals surface area contributed by atoms with Crippen molar-refractivity contribution < 1.29 is 4.39 Å². The number of nitrogens with two attached hydrogens (primary N) is 1. The van der Waals surface area contributed by atoms with Crippen LogP contribution < -0.4 is 5.73 Å². The first-order chi connectivity index (χ1) is 6.64. The summed E-state index contributed by atoms with van der Waals surface area (Å²) in [5.74, 6) is 0.211. The van der Waals surface area contributed by atoms with Crippen molar-refractivity contribution in [1.29, 1.82) is 0 Å². The summed E-state index contributed by atoms with van der Waals surface area (Å²) < 4.78 is 13.6. The van der Waals surface area contributed by atoms with Crippen LogP contribution in [0.2, 0.25) is 0 Å². The van der Waals surface area contributed by atoms with E-state index in [-0.39, 0.29) is 5.82 Å². The van der Waals surface area contributed by atoms with Crippen molar-refractivity contribution in [3.8, 4) is 0 Å². The third-order valence-corrected chi connectivity index (χ3v) is 3.48. The first-order valence-electron chi connectivity index (χ1n) is 5.18. The van der Waals surface area contributed by atoms with E-state index in [9.17, 15) is 4.39 Å². The molecule has 0 aromatic heterocycles. The maximum atomic E-state index is 13.6. The summed E-state index contributed by atoms with van der Waals surface area (Å²) in [4.78, 5) is 0. The van der Waals surface area contributed by atoms with Gasteiger partial charge in [-0.25, -0.2) is 4.39 Å². The lowest BCUT2D eigenvalue weighted by Gasteiger charge is -2.30. The minimum absolute atomic E-state index is 0.163. The highest BCUT2D eigenvalue weighted by Gasteiger charge is 2.39. The van der Waals surface area contributed by atoms with Crippen LogP contribution in [-0.2, 0) is 5.54 Å². The topological polar surface area (TPSA) is 26.0 Å². The van der Waals surface area contributed by atoms with Gasteiger partial charge < -0.3 is 5.73 Å². The van der Waals surface area contributed by atoms with Gasteiger partial charge >= 0.3 is 0 Å². The number of rotatable bonds is 1. The smallest absolute Gasteiger partial charge is 0.128 e. The van der Waals surface area contributed by atoms with E-state index in [1.165, 1.54) is 6.07 Å². The molecule has 0 saturated heterocycles. The molecule has 0 amide bonds. The summed E-state index contributed by atoms with van der Waals surface area (Å²) in [5, 5.41) is 0. The monoisotopic (exact) mass is 193 g/mol. The first kappa shape index (κ1) is 9.66. The highest BCUT2D eigenvalue weighted by atomic mass is 19.1. The molecule has 14 heavy (non-hydrogen) atoms. The van der Waals surface area contributed by atoms with Crippen molar-refractivity contribution in [1.82, 2.24) is 0 Å². The quantitative estimate of drug-likeness (QED) is 0.729. The molecule has 0 spiro atoms. The van der Waals surface area contributed by atoms with Crippen LogP contribution in [0.25, 0.3) is 0 Å². The lowest BCUT2D eigenvalue weighted by atomic mass is 9.82. The molecule has 1 aromatic rings. The lowest BCUT2D eigenvalue weighted by molar-refractivity contribution is 0.335. The van der Waals surface area contributed by atoms with E-state index in [4.69, 9.17) is 5.73 Å². The van der Waals surface area contributed by atoms with Gasteiger partial charge in [0.1, 0.15) is 5.82 Å². The van der Waals surface area contributed by atoms with Crippen LogP contribution in [0.15, 0.2) is 24.3 Å². The van der Waals surface area contributed by atoms with E-state index >= 15 is 0 Å². The van der Waals surface area contributed by atoms with Gasteiger partial charge in [-0.05, 0) is 24.8 Å². The maximum absolute atomic E-state index is 13.6. The number of hydrogen-bond acceptors (Lipinski definition) is 1. The van der Waals surface area contributed by atoms with Crippen molar-refractivity contribution in [3.05, 3.63) is 35.6 Å². The minimum atomic E-state index is -0.439. The molecule has 1 nitrogen and oxygen atoms in total. The maximum Gasteiger partial charge on any atom is 0.128 e. The summed E-state index contributed by atoms with van der Waals surface area (Å²) in [6.07, 6.45) is 3.10. The van der Waals surface area contributed by atoms with E-state index in [0.29, 0.717) is 11.5 Å². The second kappa shape index (κ2) is 3.35. The lowest BCUT2D eigenvalue weighted by Crippen LogP contribution is -2.39. The van der Waals surface area contributed by atoms with Crippen molar-refractivity contribution in [3.63, 3.8) is 0 Å². The van der Waals surface area contributed by atoms with Gasteiger partial charge in [-0.15, -0.1) is 0 Å².